The zero-order chi connectivity index (χ0) is 31.1. The van der Waals surface area contributed by atoms with E-state index in [0.29, 0.717) is 15.8 Å². The smallest absolute Gasteiger partial charge is 0.273 e. The second-order valence-electron chi connectivity index (χ2n) is 9.79. The molecule has 1 heterocycles. The molecule has 16 heteroatoms. The Labute approximate surface area is 268 Å². The van der Waals surface area contributed by atoms with Crippen molar-refractivity contribution >= 4 is 98.8 Å². The first-order valence-corrected chi connectivity index (χ1v) is 14.3. The van der Waals surface area contributed by atoms with Gasteiger partial charge in [-0.3, -0.25) is 29.3 Å². The number of ether oxygens (including phenoxy) is 1. The number of benzene rings is 2. The predicted molar refractivity (Wildman–Crippen MR) is 155 cm³/mol. The number of nitrogens with zero attached hydrogens (tertiary/aromatic N) is 3. The number of carbonyl (C=O) groups is 4. The highest BCUT2D eigenvalue weighted by Gasteiger charge is 2.88. The molecule has 220 valence electrons. The summed E-state index contributed by atoms with van der Waals surface area (Å²) in [4.78, 5) is 61.9. The van der Waals surface area contributed by atoms with Gasteiger partial charge in [0.2, 0.25) is 0 Å². The molecule has 0 unspecified atom stereocenters. The fraction of sp³-hybridized carbons (Fsp3) is 0.308. The Bertz CT molecular complexity index is 1550. The lowest BCUT2D eigenvalue weighted by Gasteiger charge is -2.38. The molecule has 0 aromatic heterocycles. The van der Waals surface area contributed by atoms with Crippen LogP contribution in [0.2, 0.25) is 0 Å². The molecular weight excluding hydrogens is 679 g/mol. The van der Waals surface area contributed by atoms with E-state index in [1.165, 1.54) is 38.3 Å². The Balaban J connectivity index is 1.62. The first kappa shape index (κ1) is 30.8. The average molecular weight is 696 g/mol. The van der Waals surface area contributed by atoms with E-state index >= 15 is 0 Å². The summed E-state index contributed by atoms with van der Waals surface area (Å²) in [5.74, 6) is -6.45. The van der Waals surface area contributed by atoms with Crippen molar-refractivity contribution in [3.8, 4) is 5.75 Å². The summed E-state index contributed by atoms with van der Waals surface area (Å²) >= 11 is 39.4. The van der Waals surface area contributed by atoms with Gasteiger partial charge in [-0.1, -0.05) is 46.4 Å². The van der Waals surface area contributed by atoms with Gasteiger partial charge in [0.25, 0.3) is 23.4 Å². The van der Waals surface area contributed by atoms with Gasteiger partial charge in [0, 0.05) is 23.3 Å². The van der Waals surface area contributed by atoms with Gasteiger partial charge in [-0.25, -0.2) is 5.01 Å². The van der Waals surface area contributed by atoms with Crippen LogP contribution >= 0.6 is 69.6 Å². The van der Waals surface area contributed by atoms with Crippen LogP contribution in [-0.4, -0.2) is 65.7 Å². The van der Waals surface area contributed by atoms with Crippen molar-refractivity contribution in [2.24, 2.45) is 11.8 Å². The van der Waals surface area contributed by atoms with E-state index in [9.17, 15) is 29.3 Å². The third-order valence-corrected chi connectivity index (χ3v) is 12.0. The topological polar surface area (TPSA) is 127 Å². The first-order valence-electron chi connectivity index (χ1n) is 12.0. The third-order valence-electron chi connectivity index (χ3n) is 7.75. The number of Topliss-reactive ketones (excluding diaryl/α,β-unsaturated/α-hetero) is 1. The quantitative estimate of drug-likeness (QED) is 0.120. The van der Waals surface area contributed by atoms with Crippen LogP contribution < -0.4 is 4.74 Å². The normalized spacial score (nSPS) is 28.1. The summed E-state index contributed by atoms with van der Waals surface area (Å²) in [5, 5.41) is 11.6. The SMILES string of the molecule is COc1ccc(C(=O)[C@H](C)N(C(=O)c2ccc([N+](=O)[O-])cc2)N2C(=O)[C@@H]3[C@@H](C2=O)[C@@]2(Cl)C(Cl)=C(Cl)[C@@]3(Cl)C2(Cl)Cl)cc1. The molecule has 0 radical (unpaired) electrons. The minimum Gasteiger partial charge on any atom is -0.497 e. The van der Waals surface area contributed by atoms with Gasteiger partial charge >= 0.3 is 0 Å². The van der Waals surface area contributed by atoms with Gasteiger partial charge in [-0.15, -0.1) is 23.2 Å². The summed E-state index contributed by atoms with van der Waals surface area (Å²) in [6.07, 6.45) is 0. The first-order chi connectivity index (χ1) is 19.6. The van der Waals surface area contributed by atoms with E-state index in [4.69, 9.17) is 74.3 Å². The second-order valence-corrected chi connectivity index (χ2v) is 13.1. The number of ketones is 1. The lowest BCUT2D eigenvalue weighted by molar-refractivity contribution is -0.384. The highest BCUT2D eigenvalue weighted by molar-refractivity contribution is 6.66. The number of methoxy groups -OCH3 is 1. The van der Waals surface area contributed by atoms with E-state index < -0.39 is 60.4 Å². The van der Waals surface area contributed by atoms with Crippen LogP contribution in [0.25, 0.3) is 0 Å². The van der Waals surface area contributed by atoms with Gasteiger partial charge < -0.3 is 4.74 Å². The van der Waals surface area contributed by atoms with E-state index in [1.54, 1.807) is 0 Å². The molecule has 2 aromatic carbocycles. The number of rotatable bonds is 7. The molecule has 2 fully saturated rings. The minimum atomic E-state index is -2.21. The fourth-order valence-corrected chi connectivity index (χ4v) is 8.53. The van der Waals surface area contributed by atoms with Gasteiger partial charge in [0.15, 0.2) is 10.1 Å². The standard InChI is InChI=1S/C26H17Cl6N3O7/c1-11(18(36)12-5-9-15(42-2)10-6-12)33(21(37)13-3-7-14(8-4-13)35(40)41)34-22(38)16-17(23(34)39)25(30)20(28)19(27)24(16,29)26(25,31)32/h3-11,16-17H,1-2H3/t11-,16-,17-,24+,25+/m0/s1. The lowest BCUT2D eigenvalue weighted by Crippen LogP contribution is -2.59. The molecule has 1 saturated carbocycles. The molecule has 5 rings (SSSR count). The summed E-state index contributed by atoms with van der Waals surface area (Å²) < 4.78 is 2.91. The maximum Gasteiger partial charge on any atom is 0.273 e. The number of hydrazine groups is 1. The molecule has 2 bridgehead atoms. The number of allylic oxidation sites excluding steroid dienone is 2. The van der Waals surface area contributed by atoms with Crippen molar-refractivity contribution in [3.63, 3.8) is 0 Å². The maximum absolute atomic E-state index is 14.1. The Morgan fingerprint density at radius 1 is 0.905 bits per heavy atom. The van der Waals surface area contributed by atoms with E-state index in [-0.39, 0.29) is 26.9 Å². The molecule has 5 atom stereocenters. The average Bonchev–Trinajstić information content (AvgIpc) is 3.35. The zero-order valence-corrected chi connectivity index (χ0v) is 25.9. The Kier molecular flexibility index (Phi) is 7.53. The van der Waals surface area contributed by atoms with Crippen LogP contribution in [0.5, 0.6) is 5.75 Å². The molecule has 3 amide bonds. The largest absolute Gasteiger partial charge is 0.497 e. The molecule has 42 heavy (non-hydrogen) atoms. The van der Waals surface area contributed by atoms with Gasteiger partial charge in [-0.05, 0) is 43.3 Å². The molecule has 1 aliphatic heterocycles. The van der Waals surface area contributed by atoms with Crippen molar-refractivity contribution in [3.05, 3.63) is 79.8 Å². The molecule has 2 aliphatic carbocycles. The fourth-order valence-electron chi connectivity index (χ4n) is 5.60. The summed E-state index contributed by atoms with van der Waals surface area (Å²) in [5.41, 5.74) is -0.362. The third kappa shape index (κ3) is 3.85. The van der Waals surface area contributed by atoms with E-state index in [0.717, 1.165) is 24.3 Å². The zero-order valence-electron chi connectivity index (χ0n) is 21.3. The van der Waals surface area contributed by atoms with Gasteiger partial charge in [0.1, 0.15) is 21.5 Å². The van der Waals surface area contributed by atoms with Crippen LogP contribution in [0.4, 0.5) is 5.69 Å². The monoisotopic (exact) mass is 693 g/mol. The van der Waals surface area contributed by atoms with Crippen LogP contribution in [-0.2, 0) is 9.59 Å². The Morgan fingerprint density at radius 2 is 1.36 bits per heavy atom. The summed E-state index contributed by atoms with van der Waals surface area (Å²) in [6.45, 7) is 1.30. The molecule has 10 nitrogen and oxygen atoms in total. The number of alkyl halides is 4. The maximum atomic E-state index is 14.1. The Morgan fingerprint density at radius 3 is 1.79 bits per heavy atom. The van der Waals surface area contributed by atoms with Crippen molar-refractivity contribution in [2.75, 3.05) is 7.11 Å². The minimum absolute atomic E-state index is 0.125. The number of carbonyl (C=O) groups excluding carboxylic acids is 4. The number of non-ortho nitro benzene ring substituents is 1. The number of hydrogen-bond acceptors (Lipinski definition) is 7. The number of fused-ring (bicyclic) bond motifs is 5. The van der Waals surface area contributed by atoms with Gasteiger partial charge in [0.05, 0.1) is 33.9 Å². The highest BCUT2D eigenvalue weighted by Crippen LogP contribution is 2.77. The number of hydrogen-bond donors (Lipinski definition) is 0. The van der Waals surface area contributed by atoms with Crippen LogP contribution in [0, 0.1) is 22.0 Å². The number of halogens is 6. The molecular formula is C26H17Cl6N3O7. The molecule has 0 spiro atoms. The van der Waals surface area contributed by atoms with Crippen molar-refractivity contribution < 1.29 is 28.8 Å². The lowest BCUT2D eigenvalue weighted by atomic mass is 9.84. The molecule has 0 N–H and O–H groups in total. The summed E-state index contributed by atoms with van der Waals surface area (Å²) in [6, 6.07) is 8.80. The Hall–Kier alpha value is -2.60. The molecule has 2 aromatic rings. The second kappa shape index (κ2) is 10.2. The van der Waals surface area contributed by atoms with E-state index in [1.807, 2.05) is 0 Å². The number of imide groups is 1. The van der Waals surface area contributed by atoms with Crippen molar-refractivity contribution in [2.45, 2.75) is 27.0 Å². The van der Waals surface area contributed by atoms with Crippen LogP contribution in [0.15, 0.2) is 58.6 Å². The van der Waals surface area contributed by atoms with Crippen LogP contribution in [0.3, 0.4) is 0 Å². The molecule has 1 saturated heterocycles. The summed E-state index contributed by atoms with van der Waals surface area (Å²) in [7, 11) is 1.44. The van der Waals surface area contributed by atoms with Gasteiger partial charge in [-0.2, -0.15) is 5.01 Å². The number of nitro benzene ring substituents is 1. The van der Waals surface area contributed by atoms with Crippen LogP contribution in [0.1, 0.15) is 27.6 Å². The highest BCUT2D eigenvalue weighted by atomic mass is 35.5. The number of amides is 3. The molecule has 3 aliphatic rings. The van der Waals surface area contributed by atoms with Crippen molar-refractivity contribution in [1.29, 1.82) is 0 Å². The van der Waals surface area contributed by atoms with Crippen molar-refractivity contribution in [1.82, 2.24) is 10.0 Å². The van der Waals surface area contributed by atoms with E-state index in [2.05, 4.69) is 0 Å². The predicted octanol–water partition coefficient (Wildman–Crippen LogP) is 5.68. The number of nitro groups is 1.